The van der Waals surface area contributed by atoms with Crippen LogP contribution in [0.25, 0.3) is 0 Å². The van der Waals surface area contributed by atoms with Gasteiger partial charge in [-0.15, -0.1) is 0 Å². The summed E-state index contributed by atoms with van der Waals surface area (Å²) in [5, 5.41) is 0. The molecule has 1 rings (SSSR count). The normalized spacial score (nSPS) is 13.1. The van der Waals surface area contributed by atoms with Crippen molar-refractivity contribution in [2.24, 2.45) is 0 Å². The molecule has 0 amide bonds. The maximum atomic E-state index is 3.51. The maximum Gasteiger partial charge on any atom is -0.0310 e. The Labute approximate surface area is 102 Å². The van der Waals surface area contributed by atoms with Crippen LogP contribution in [0.15, 0.2) is 48.6 Å². The van der Waals surface area contributed by atoms with Gasteiger partial charge in [-0.2, -0.15) is 0 Å². The van der Waals surface area contributed by atoms with Crippen LogP contribution in [-0.4, -0.2) is 0 Å². The van der Waals surface area contributed by atoms with Crippen LogP contribution in [0.5, 0.6) is 0 Å². The molecule has 0 aromatic carbocycles. The van der Waals surface area contributed by atoms with Crippen molar-refractivity contribution in [2.45, 2.75) is 53.4 Å². The Bertz CT molecular complexity index is 216. The van der Waals surface area contributed by atoms with Crippen LogP contribution >= 0.6 is 0 Å². The minimum absolute atomic E-state index is 1.10. The van der Waals surface area contributed by atoms with Crippen LogP contribution in [0.1, 0.15) is 53.4 Å². The van der Waals surface area contributed by atoms with Crippen molar-refractivity contribution in [1.29, 1.82) is 0 Å². The molecule has 0 fully saturated rings. The Hall–Kier alpha value is -1.04. The van der Waals surface area contributed by atoms with E-state index in [2.05, 4.69) is 58.6 Å². The number of rotatable bonds is 2. The molecule has 0 spiro atoms. The van der Waals surface area contributed by atoms with E-state index in [1.807, 2.05) is 6.08 Å². The van der Waals surface area contributed by atoms with E-state index in [-0.39, 0.29) is 0 Å². The number of hydrogen-bond acceptors (Lipinski definition) is 0. The fourth-order valence-corrected chi connectivity index (χ4v) is 0.977. The van der Waals surface area contributed by atoms with Crippen LogP contribution in [0.2, 0.25) is 0 Å². The van der Waals surface area contributed by atoms with Gasteiger partial charge < -0.3 is 0 Å². The van der Waals surface area contributed by atoms with Crippen molar-refractivity contribution in [3.63, 3.8) is 0 Å². The molecule has 0 nitrogen and oxygen atoms in total. The highest BCUT2D eigenvalue weighted by Gasteiger charge is 1.86. The van der Waals surface area contributed by atoms with Gasteiger partial charge in [-0.1, -0.05) is 75.8 Å². The summed E-state index contributed by atoms with van der Waals surface area (Å²) in [7, 11) is 0. The van der Waals surface area contributed by atoms with Crippen LogP contribution in [0, 0.1) is 0 Å². The zero-order chi connectivity index (χ0) is 12.6. The van der Waals surface area contributed by atoms with E-state index >= 15 is 0 Å². The molecule has 1 aliphatic rings. The van der Waals surface area contributed by atoms with Crippen LogP contribution < -0.4 is 0 Å². The van der Waals surface area contributed by atoms with Crippen molar-refractivity contribution in [1.82, 2.24) is 0 Å². The Morgan fingerprint density at radius 3 is 2.06 bits per heavy atom. The van der Waals surface area contributed by atoms with Crippen molar-refractivity contribution in [3.05, 3.63) is 48.6 Å². The molecule has 0 saturated heterocycles. The van der Waals surface area contributed by atoms with E-state index in [0.29, 0.717) is 0 Å². The molecule has 92 valence electrons. The zero-order valence-corrected chi connectivity index (χ0v) is 11.5. The van der Waals surface area contributed by atoms with Gasteiger partial charge in [-0.05, 0) is 26.2 Å². The van der Waals surface area contributed by atoms with E-state index in [1.165, 1.54) is 24.8 Å². The molecule has 0 N–H and O–H groups in total. The topological polar surface area (TPSA) is 0 Å². The van der Waals surface area contributed by atoms with Gasteiger partial charge in [0.2, 0.25) is 0 Å². The summed E-state index contributed by atoms with van der Waals surface area (Å²) in [5.74, 6) is 0. The Morgan fingerprint density at radius 2 is 1.88 bits per heavy atom. The average Bonchev–Trinajstić information content (AvgIpc) is 2.29. The zero-order valence-electron chi connectivity index (χ0n) is 11.5. The van der Waals surface area contributed by atoms with Gasteiger partial charge in [0.15, 0.2) is 0 Å². The van der Waals surface area contributed by atoms with Gasteiger partial charge >= 0.3 is 0 Å². The Balaban J connectivity index is 0. The molecule has 0 heteroatoms. The first-order valence-electron chi connectivity index (χ1n) is 6.33. The molecule has 1 aliphatic carbocycles. The lowest BCUT2D eigenvalue weighted by atomic mass is 10.1. The second-order valence-corrected chi connectivity index (χ2v) is 3.71. The van der Waals surface area contributed by atoms with Gasteiger partial charge in [0.25, 0.3) is 0 Å². The van der Waals surface area contributed by atoms with Gasteiger partial charge in [0.1, 0.15) is 0 Å². The summed E-state index contributed by atoms with van der Waals surface area (Å²) in [4.78, 5) is 0. The second kappa shape index (κ2) is 16.4. The molecule has 16 heavy (non-hydrogen) atoms. The predicted octanol–water partition coefficient (Wildman–Crippen LogP) is 5.84. The average molecular weight is 220 g/mol. The first kappa shape index (κ1) is 17.4. The lowest BCUT2D eigenvalue weighted by Gasteiger charge is -1.96. The van der Waals surface area contributed by atoms with Crippen molar-refractivity contribution < 1.29 is 0 Å². The number of hydrogen-bond donors (Lipinski definition) is 0. The van der Waals surface area contributed by atoms with Crippen LogP contribution in [0.4, 0.5) is 0 Å². The Kier molecular flexibility index (Phi) is 17.8. The molecule has 0 heterocycles. The number of allylic oxidation sites excluding steroid dienone is 7. The van der Waals surface area contributed by atoms with Gasteiger partial charge in [-0.25, -0.2) is 0 Å². The molecule has 0 aromatic rings. The summed E-state index contributed by atoms with van der Waals surface area (Å²) >= 11 is 0. The predicted molar refractivity (Wildman–Crippen MR) is 77.7 cm³/mol. The highest BCUT2D eigenvalue weighted by Crippen LogP contribution is 2.06. The third-order valence-corrected chi connectivity index (χ3v) is 1.69. The highest BCUT2D eigenvalue weighted by atomic mass is 13.9. The van der Waals surface area contributed by atoms with Crippen LogP contribution in [0.3, 0.4) is 0 Å². The molecule has 0 aromatic heterocycles. The minimum atomic E-state index is 1.10. The first-order chi connectivity index (χ1) is 7.72. The fourth-order valence-electron chi connectivity index (χ4n) is 0.977. The molecular weight excluding hydrogens is 192 g/mol. The third-order valence-electron chi connectivity index (χ3n) is 1.69. The van der Waals surface area contributed by atoms with Gasteiger partial charge in [-0.3, -0.25) is 0 Å². The van der Waals surface area contributed by atoms with Crippen LogP contribution in [-0.2, 0) is 0 Å². The molecule has 0 unspecified atom stereocenters. The van der Waals surface area contributed by atoms with E-state index in [4.69, 9.17) is 0 Å². The Morgan fingerprint density at radius 1 is 1.25 bits per heavy atom. The van der Waals surface area contributed by atoms with Crippen molar-refractivity contribution >= 4 is 0 Å². The van der Waals surface area contributed by atoms with Crippen molar-refractivity contribution in [2.75, 3.05) is 0 Å². The lowest BCUT2D eigenvalue weighted by molar-refractivity contribution is 1.02. The second-order valence-electron chi connectivity index (χ2n) is 3.71. The van der Waals surface area contributed by atoms with E-state index in [9.17, 15) is 0 Å². The maximum absolute atomic E-state index is 3.51. The molecule has 0 saturated carbocycles. The van der Waals surface area contributed by atoms with E-state index < -0.39 is 0 Å². The van der Waals surface area contributed by atoms with Gasteiger partial charge in [0.05, 0.1) is 0 Å². The SMILES string of the molecule is C=C/C=C\CC.CC1=CCCC=C1.CCC. The smallest absolute Gasteiger partial charge is 0.0310 e. The molecular formula is C16H28. The van der Waals surface area contributed by atoms with E-state index in [0.717, 1.165) is 6.42 Å². The summed E-state index contributed by atoms with van der Waals surface area (Å²) in [6.45, 7) is 12.0. The van der Waals surface area contributed by atoms with Crippen molar-refractivity contribution in [3.8, 4) is 0 Å². The third kappa shape index (κ3) is 18.7. The molecule has 0 radical (unpaired) electrons. The minimum Gasteiger partial charge on any atom is -0.0991 e. The summed E-state index contributed by atoms with van der Waals surface area (Å²) in [5.41, 5.74) is 1.41. The fraction of sp³-hybridized carbons (Fsp3) is 0.500. The standard InChI is InChI=1S/C7H10.C6H10.C3H8/c1-7-5-3-2-4-6-7;1-3-5-6-4-2;1-3-2/h3,5-6H,2,4H2,1H3;3,5-6H,1,4H2,2H3;3H2,1-2H3/b;6-5-;. The largest absolute Gasteiger partial charge is 0.0991 e. The van der Waals surface area contributed by atoms with Gasteiger partial charge in [0, 0.05) is 0 Å². The summed E-state index contributed by atoms with van der Waals surface area (Å²) in [6.07, 6.45) is 17.3. The monoisotopic (exact) mass is 220 g/mol. The molecule has 0 aliphatic heterocycles. The quantitative estimate of drug-likeness (QED) is 0.513. The first-order valence-corrected chi connectivity index (χ1v) is 6.33. The summed E-state index contributed by atoms with van der Waals surface area (Å²) in [6, 6.07) is 0. The molecule has 0 bridgehead atoms. The molecule has 0 atom stereocenters. The van der Waals surface area contributed by atoms with E-state index in [1.54, 1.807) is 6.08 Å². The summed E-state index contributed by atoms with van der Waals surface area (Å²) < 4.78 is 0. The highest BCUT2D eigenvalue weighted by molar-refractivity contribution is 5.19. The lowest BCUT2D eigenvalue weighted by Crippen LogP contribution is -1.76.